The summed E-state index contributed by atoms with van der Waals surface area (Å²) in [6, 6.07) is 9.65. The fraction of sp³-hybridized carbons (Fsp3) is 0. The SMILES string of the molecule is Clc1nc(-c2cccc3cccnc23)no1. The van der Waals surface area contributed by atoms with Crippen LogP contribution in [0.25, 0.3) is 22.3 Å². The Hall–Kier alpha value is -1.94. The molecule has 0 atom stereocenters. The van der Waals surface area contributed by atoms with Crippen LogP contribution < -0.4 is 0 Å². The van der Waals surface area contributed by atoms with Crippen LogP contribution in [0.15, 0.2) is 41.1 Å². The van der Waals surface area contributed by atoms with Crippen molar-refractivity contribution in [3.63, 3.8) is 0 Å². The zero-order valence-corrected chi connectivity index (χ0v) is 8.85. The third kappa shape index (κ3) is 1.44. The molecule has 3 rings (SSSR count). The molecular formula is C11H6ClN3O. The Balaban J connectivity index is 2.31. The van der Waals surface area contributed by atoms with Crippen molar-refractivity contribution in [1.29, 1.82) is 0 Å². The van der Waals surface area contributed by atoms with Gasteiger partial charge in [-0.15, -0.1) is 0 Å². The molecule has 0 amide bonds. The first-order chi connectivity index (χ1) is 7.84. The number of nitrogens with zero attached hydrogens (tertiary/aromatic N) is 3. The second-order valence-corrected chi connectivity index (χ2v) is 3.57. The van der Waals surface area contributed by atoms with Crippen LogP contribution in [0.4, 0.5) is 0 Å². The Bertz CT molecular complexity index is 645. The number of rotatable bonds is 1. The van der Waals surface area contributed by atoms with Crippen molar-refractivity contribution >= 4 is 22.5 Å². The largest absolute Gasteiger partial charge is 0.321 e. The lowest BCUT2D eigenvalue weighted by Crippen LogP contribution is -1.85. The van der Waals surface area contributed by atoms with Gasteiger partial charge in [-0.05, 0) is 23.7 Å². The molecular weight excluding hydrogens is 226 g/mol. The van der Waals surface area contributed by atoms with E-state index in [1.165, 1.54) is 0 Å². The quantitative estimate of drug-likeness (QED) is 0.646. The van der Waals surface area contributed by atoms with Gasteiger partial charge in [0.1, 0.15) is 0 Å². The highest BCUT2D eigenvalue weighted by molar-refractivity contribution is 6.27. The molecule has 0 N–H and O–H groups in total. The van der Waals surface area contributed by atoms with Crippen molar-refractivity contribution in [2.75, 3.05) is 0 Å². The molecule has 0 aliphatic carbocycles. The lowest BCUT2D eigenvalue weighted by Gasteiger charge is -2.00. The van der Waals surface area contributed by atoms with Crippen molar-refractivity contribution in [3.05, 3.63) is 41.9 Å². The number of hydrogen-bond acceptors (Lipinski definition) is 4. The van der Waals surface area contributed by atoms with Crippen molar-refractivity contribution in [1.82, 2.24) is 15.1 Å². The Morgan fingerprint density at radius 3 is 2.81 bits per heavy atom. The molecule has 0 saturated carbocycles. The third-order valence-corrected chi connectivity index (χ3v) is 2.43. The van der Waals surface area contributed by atoms with Crippen LogP contribution >= 0.6 is 11.6 Å². The van der Waals surface area contributed by atoms with Gasteiger partial charge in [0.25, 0.3) is 0 Å². The van der Waals surface area contributed by atoms with Crippen LogP contribution in [0.2, 0.25) is 5.35 Å². The molecule has 2 aromatic heterocycles. The molecule has 16 heavy (non-hydrogen) atoms. The number of pyridine rings is 1. The summed E-state index contributed by atoms with van der Waals surface area (Å²) in [6.45, 7) is 0. The van der Waals surface area contributed by atoms with Gasteiger partial charge >= 0.3 is 5.35 Å². The number of benzene rings is 1. The van der Waals surface area contributed by atoms with Crippen LogP contribution in [0.3, 0.4) is 0 Å². The minimum Gasteiger partial charge on any atom is -0.321 e. The molecule has 5 heteroatoms. The maximum atomic E-state index is 5.60. The average Bonchev–Trinajstić information content (AvgIpc) is 2.75. The lowest BCUT2D eigenvalue weighted by molar-refractivity contribution is 0.421. The topological polar surface area (TPSA) is 51.8 Å². The smallest absolute Gasteiger partial charge is 0.320 e. The Kier molecular flexibility index (Phi) is 2.08. The van der Waals surface area contributed by atoms with Gasteiger partial charge in [0.2, 0.25) is 5.82 Å². The number of fused-ring (bicyclic) bond motifs is 1. The third-order valence-electron chi connectivity index (χ3n) is 2.27. The lowest BCUT2D eigenvalue weighted by atomic mass is 10.1. The molecule has 0 aliphatic heterocycles. The van der Waals surface area contributed by atoms with E-state index >= 15 is 0 Å². The molecule has 0 fully saturated rings. The van der Waals surface area contributed by atoms with E-state index in [9.17, 15) is 0 Å². The Labute approximate surface area is 95.9 Å². The first-order valence-corrected chi connectivity index (χ1v) is 5.06. The van der Waals surface area contributed by atoms with Gasteiger partial charge in [-0.2, -0.15) is 4.98 Å². The van der Waals surface area contributed by atoms with Crippen molar-refractivity contribution in [2.24, 2.45) is 0 Å². The molecule has 0 spiro atoms. The second kappa shape index (κ2) is 3.57. The highest BCUT2D eigenvalue weighted by Crippen LogP contribution is 2.25. The minimum absolute atomic E-state index is 0.0305. The Morgan fingerprint density at radius 2 is 2.00 bits per heavy atom. The summed E-state index contributed by atoms with van der Waals surface area (Å²) >= 11 is 5.60. The summed E-state index contributed by atoms with van der Waals surface area (Å²) < 4.78 is 4.74. The predicted octanol–water partition coefficient (Wildman–Crippen LogP) is 2.94. The van der Waals surface area contributed by atoms with Crippen LogP contribution in [0.5, 0.6) is 0 Å². The van der Waals surface area contributed by atoms with Crippen LogP contribution in [0.1, 0.15) is 0 Å². The Morgan fingerprint density at radius 1 is 1.12 bits per heavy atom. The maximum Gasteiger partial charge on any atom is 0.320 e. The van der Waals surface area contributed by atoms with Gasteiger partial charge in [-0.25, -0.2) is 0 Å². The number of aromatic nitrogens is 3. The van der Waals surface area contributed by atoms with Crippen LogP contribution in [-0.2, 0) is 0 Å². The van der Waals surface area contributed by atoms with Gasteiger partial charge in [0.05, 0.1) is 5.52 Å². The van der Waals surface area contributed by atoms with E-state index in [-0.39, 0.29) is 5.35 Å². The molecule has 4 nitrogen and oxygen atoms in total. The normalized spacial score (nSPS) is 10.8. The molecule has 0 saturated heterocycles. The van der Waals surface area contributed by atoms with Crippen LogP contribution in [-0.4, -0.2) is 15.1 Å². The number of para-hydroxylation sites is 1. The summed E-state index contributed by atoms with van der Waals surface area (Å²) in [5, 5.41) is 4.84. The molecule has 0 aliphatic rings. The number of halogens is 1. The van der Waals surface area contributed by atoms with E-state index in [1.807, 2.05) is 30.3 Å². The summed E-state index contributed by atoms with van der Waals surface area (Å²) in [6.07, 6.45) is 1.73. The van der Waals surface area contributed by atoms with Crippen molar-refractivity contribution in [3.8, 4) is 11.4 Å². The van der Waals surface area contributed by atoms with Crippen molar-refractivity contribution < 1.29 is 4.52 Å². The van der Waals surface area contributed by atoms with E-state index in [0.717, 1.165) is 16.5 Å². The first-order valence-electron chi connectivity index (χ1n) is 4.68. The highest BCUT2D eigenvalue weighted by atomic mass is 35.5. The minimum atomic E-state index is 0.0305. The monoisotopic (exact) mass is 231 g/mol. The molecule has 0 bridgehead atoms. The van der Waals surface area contributed by atoms with E-state index in [2.05, 4.69) is 15.1 Å². The standard InChI is InChI=1S/C11H6ClN3O/c12-11-14-10(15-16-11)8-5-1-3-7-4-2-6-13-9(7)8/h1-6H. The molecule has 3 aromatic rings. The molecule has 1 aromatic carbocycles. The van der Waals surface area contributed by atoms with Crippen molar-refractivity contribution in [2.45, 2.75) is 0 Å². The fourth-order valence-electron chi connectivity index (χ4n) is 1.60. The van der Waals surface area contributed by atoms with Crippen LogP contribution in [0, 0.1) is 0 Å². The van der Waals surface area contributed by atoms with Gasteiger partial charge < -0.3 is 4.52 Å². The first kappa shape index (κ1) is 9.30. The predicted molar refractivity (Wildman–Crippen MR) is 60.0 cm³/mol. The highest BCUT2D eigenvalue weighted by Gasteiger charge is 2.10. The van der Waals surface area contributed by atoms with Gasteiger partial charge in [0.15, 0.2) is 0 Å². The van der Waals surface area contributed by atoms with Gasteiger partial charge in [-0.1, -0.05) is 23.4 Å². The molecule has 0 unspecified atom stereocenters. The second-order valence-electron chi connectivity index (χ2n) is 3.25. The van der Waals surface area contributed by atoms with E-state index in [1.54, 1.807) is 6.20 Å². The van der Waals surface area contributed by atoms with E-state index in [0.29, 0.717) is 5.82 Å². The van der Waals surface area contributed by atoms with Gasteiger partial charge in [-0.3, -0.25) is 4.98 Å². The zero-order valence-electron chi connectivity index (χ0n) is 8.09. The molecule has 0 radical (unpaired) electrons. The zero-order chi connectivity index (χ0) is 11.0. The fourth-order valence-corrected chi connectivity index (χ4v) is 1.71. The summed E-state index contributed by atoms with van der Waals surface area (Å²) in [7, 11) is 0. The van der Waals surface area contributed by atoms with Gasteiger partial charge in [0, 0.05) is 17.1 Å². The molecule has 78 valence electrons. The van der Waals surface area contributed by atoms with E-state index < -0.39 is 0 Å². The molecule has 2 heterocycles. The van der Waals surface area contributed by atoms with E-state index in [4.69, 9.17) is 16.1 Å². The average molecular weight is 232 g/mol. The maximum absolute atomic E-state index is 5.60. The number of hydrogen-bond donors (Lipinski definition) is 0. The summed E-state index contributed by atoms with van der Waals surface area (Å²) in [5.74, 6) is 0.453. The summed E-state index contributed by atoms with van der Waals surface area (Å²) in [4.78, 5) is 8.28. The summed E-state index contributed by atoms with van der Waals surface area (Å²) in [5.41, 5.74) is 1.65.